The molecule has 1 amide bonds. The van der Waals surface area contributed by atoms with Crippen molar-refractivity contribution in [2.75, 3.05) is 13.1 Å². The van der Waals surface area contributed by atoms with Gasteiger partial charge in [0.15, 0.2) is 0 Å². The van der Waals surface area contributed by atoms with Gasteiger partial charge in [0.2, 0.25) is 0 Å². The van der Waals surface area contributed by atoms with Crippen molar-refractivity contribution in [2.45, 2.75) is 58.2 Å². The number of hydrogen-bond acceptors (Lipinski definition) is 3. The number of piperidine rings is 1. The minimum Gasteiger partial charge on any atom is -0.444 e. The highest BCUT2D eigenvalue weighted by Crippen LogP contribution is 2.55. The summed E-state index contributed by atoms with van der Waals surface area (Å²) >= 11 is 0. The van der Waals surface area contributed by atoms with Gasteiger partial charge in [0.25, 0.3) is 6.43 Å². The summed E-state index contributed by atoms with van der Waals surface area (Å²) in [7, 11) is 0. The fourth-order valence-corrected chi connectivity index (χ4v) is 4.63. The molecule has 1 aromatic carbocycles. The first-order valence-electron chi connectivity index (χ1n) is 11.0. The highest BCUT2D eigenvalue weighted by Gasteiger charge is 2.47. The van der Waals surface area contributed by atoms with Crippen LogP contribution in [0.2, 0.25) is 0 Å². The molecule has 2 heterocycles. The number of aromatic nitrogens is 2. The van der Waals surface area contributed by atoms with Crippen molar-refractivity contribution in [2.24, 2.45) is 5.41 Å². The summed E-state index contributed by atoms with van der Waals surface area (Å²) in [6, 6.07) is 4.81. The Hall–Kier alpha value is -2.91. The van der Waals surface area contributed by atoms with Crippen molar-refractivity contribution in [3.05, 3.63) is 53.4 Å². The number of nitrogens with zero attached hydrogens (tertiary/aromatic N) is 3. The van der Waals surface area contributed by atoms with Crippen LogP contribution in [-0.4, -0.2) is 39.5 Å². The van der Waals surface area contributed by atoms with E-state index in [1.165, 1.54) is 18.2 Å². The molecule has 4 rings (SSSR count). The summed E-state index contributed by atoms with van der Waals surface area (Å²) in [6.45, 7) is 6.05. The van der Waals surface area contributed by atoms with E-state index >= 15 is 0 Å². The van der Waals surface area contributed by atoms with Gasteiger partial charge in [-0.3, -0.25) is 0 Å². The number of benzene rings is 1. The summed E-state index contributed by atoms with van der Waals surface area (Å²) in [5, 5.41) is 3.96. The number of carbonyl (C=O) groups excluding carboxylic acids is 1. The average Bonchev–Trinajstić information content (AvgIpc) is 3.15. The molecule has 1 saturated heterocycles. The molecule has 0 radical (unpaired) electrons. The minimum atomic E-state index is -4.67. The van der Waals surface area contributed by atoms with Gasteiger partial charge in [-0.25, -0.2) is 18.3 Å². The first-order chi connectivity index (χ1) is 15.8. The van der Waals surface area contributed by atoms with Crippen LogP contribution in [0.5, 0.6) is 0 Å². The highest BCUT2D eigenvalue weighted by atomic mass is 19.4. The molecule has 5 nitrogen and oxygen atoms in total. The van der Waals surface area contributed by atoms with E-state index in [9.17, 15) is 26.7 Å². The highest BCUT2D eigenvalue weighted by molar-refractivity contribution is 5.77. The Bertz CT molecular complexity index is 1110. The SMILES string of the molecule is CC(C)(C)OC(=O)N1CCC2(CC=C2c2c(C(F)F)cnn2-c2ccccc2C(F)(F)F)CC1. The van der Waals surface area contributed by atoms with Gasteiger partial charge in [0.1, 0.15) is 5.60 Å². The monoisotopic (exact) mass is 483 g/mol. The van der Waals surface area contributed by atoms with Crippen molar-refractivity contribution < 1.29 is 31.5 Å². The predicted octanol–water partition coefficient (Wildman–Crippen LogP) is 6.63. The van der Waals surface area contributed by atoms with Crippen molar-refractivity contribution in [1.82, 2.24) is 14.7 Å². The van der Waals surface area contributed by atoms with Crippen LogP contribution in [-0.2, 0) is 10.9 Å². The van der Waals surface area contributed by atoms with E-state index in [1.54, 1.807) is 31.7 Å². The van der Waals surface area contributed by atoms with Crippen molar-refractivity contribution in [3.8, 4) is 5.69 Å². The number of para-hydroxylation sites is 1. The van der Waals surface area contributed by atoms with Crippen molar-refractivity contribution in [3.63, 3.8) is 0 Å². The van der Waals surface area contributed by atoms with Gasteiger partial charge in [0, 0.05) is 18.5 Å². The van der Waals surface area contributed by atoms with E-state index < -0.39 is 40.8 Å². The summed E-state index contributed by atoms with van der Waals surface area (Å²) in [5.74, 6) is 0. The molecular weight excluding hydrogens is 457 g/mol. The molecule has 10 heteroatoms. The lowest BCUT2D eigenvalue weighted by Gasteiger charge is -2.48. The topological polar surface area (TPSA) is 47.4 Å². The third kappa shape index (κ3) is 4.42. The summed E-state index contributed by atoms with van der Waals surface area (Å²) in [6.07, 6.45) is -3.71. The predicted molar refractivity (Wildman–Crippen MR) is 116 cm³/mol. The number of halogens is 5. The smallest absolute Gasteiger partial charge is 0.418 e. The van der Waals surface area contributed by atoms with Gasteiger partial charge in [-0.15, -0.1) is 0 Å². The molecule has 1 fully saturated rings. The van der Waals surface area contributed by atoms with Gasteiger partial charge in [-0.05, 0) is 57.7 Å². The summed E-state index contributed by atoms with van der Waals surface area (Å²) in [4.78, 5) is 14.0. The standard InChI is InChI=1S/C24H26F5N3O2/c1-22(2,3)34-21(33)31-12-10-23(11-13-31)9-8-17(23)19-15(20(25)26)14-30-32(19)18-7-5-4-6-16(18)24(27,28)29/h4-8,14,20H,9-13H2,1-3H3. The molecule has 184 valence electrons. The third-order valence-corrected chi connectivity index (χ3v) is 6.37. The molecule has 2 aromatic rings. The second kappa shape index (κ2) is 8.39. The first kappa shape index (κ1) is 24.2. The number of allylic oxidation sites excluding steroid dienone is 2. The zero-order chi connectivity index (χ0) is 24.9. The molecular formula is C24H26F5N3O2. The molecule has 1 spiro atoms. The lowest BCUT2D eigenvalue weighted by atomic mass is 9.61. The normalized spacial score (nSPS) is 18.1. The number of rotatable bonds is 3. The van der Waals surface area contributed by atoms with Gasteiger partial charge < -0.3 is 9.64 Å². The Labute approximate surface area is 194 Å². The fraction of sp³-hybridized carbons (Fsp3) is 0.500. The van der Waals surface area contributed by atoms with Gasteiger partial charge in [0.05, 0.1) is 28.7 Å². The second-order valence-corrected chi connectivity index (χ2v) is 9.75. The maximum atomic E-state index is 13.9. The number of likely N-dealkylation sites (tertiary alicyclic amines) is 1. The van der Waals surface area contributed by atoms with Crippen LogP contribution in [0.3, 0.4) is 0 Å². The van der Waals surface area contributed by atoms with Crippen LogP contribution >= 0.6 is 0 Å². The lowest BCUT2D eigenvalue weighted by molar-refractivity contribution is -0.137. The van der Waals surface area contributed by atoms with E-state index in [0.29, 0.717) is 37.9 Å². The molecule has 0 bridgehead atoms. The largest absolute Gasteiger partial charge is 0.444 e. The van der Waals surface area contributed by atoms with Gasteiger partial charge >= 0.3 is 12.3 Å². The maximum Gasteiger partial charge on any atom is 0.418 e. The quantitative estimate of drug-likeness (QED) is 0.460. The van der Waals surface area contributed by atoms with Crippen molar-refractivity contribution in [1.29, 1.82) is 0 Å². The molecule has 0 unspecified atom stereocenters. The lowest BCUT2D eigenvalue weighted by Crippen LogP contribution is -2.47. The Morgan fingerprint density at radius 2 is 1.76 bits per heavy atom. The van der Waals surface area contributed by atoms with Crippen LogP contribution < -0.4 is 0 Å². The third-order valence-electron chi connectivity index (χ3n) is 6.37. The molecule has 0 atom stereocenters. The van der Waals surface area contributed by atoms with E-state index in [4.69, 9.17) is 4.74 Å². The van der Waals surface area contributed by atoms with Crippen LogP contribution in [0.15, 0.2) is 36.5 Å². The number of carbonyl (C=O) groups is 1. The molecule has 1 aromatic heterocycles. The zero-order valence-electron chi connectivity index (χ0n) is 19.1. The number of ether oxygens (including phenoxy) is 1. The Kier molecular flexibility index (Phi) is 5.98. The van der Waals surface area contributed by atoms with E-state index in [0.717, 1.165) is 16.9 Å². The van der Waals surface area contributed by atoms with Crippen LogP contribution in [0.25, 0.3) is 11.3 Å². The Balaban J connectivity index is 1.67. The van der Waals surface area contributed by atoms with E-state index in [-0.39, 0.29) is 11.4 Å². The molecule has 0 N–H and O–H groups in total. The average molecular weight is 483 g/mol. The molecule has 0 saturated carbocycles. The summed E-state index contributed by atoms with van der Waals surface area (Å²) in [5.41, 5.74) is -2.24. The maximum absolute atomic E-state index is 13.9. The summed E-state index contributed by atoms with van der Waals surface area (Å²) < 4.78 is 75.2. The Morgan fingerprint density at radius 3 is 2.29 bits per heavy atom. The molecule has 1 aliphatic carbocycles. The van der Waals surface area contributed by atoms with E-state index in [1.807, 2.05) is 0 Å². The fourth-order valence-electron chi connectivity index (χ4n) is 4.63. The van der Waals surface area contributed by atoms with Crippen LogP contribution in [0, 0.1) is 5.41 Å². The minimum absolute atomic E-state index is 0.00340. The first-order valence-corrected chi connectivity index (χ1v) is 11.0. The zero-order valence-corrected chi connectivity index (χ0v) is 19.1. The Morgan fingerprint density at radius 1 is 1.12 bits per heavy atom. The molecule has 1 aliphatic heterocycles. The molecule has 2 aliphatic rings. The van der Waals surface area contributed by atoms with Gasteiger partial charge in [-0.2, -0.15) is 18.3 Å². The van der Waals surface area contributed by atoms with Crippen molar-refractivity contribution >= 4 is 11.7 Å². The van der Waals surface area contributed by atoms with Gasteiger partial charge in [-0.1, -0.05) is 18.2 Å². The number of hydrogen-bond donors (Lipinski definition) is 0. The van der Waals surface area contributed by atoms with Crippen LogP contribution in [0.4, 0.5) is 26.7 Å². The number of alkyl halides is 5. The molecule has 34 heavy (non-hydrogen) atoms. The van der Waals surface area contributed by atoms with E-state index in [2.05, 4.69) is 5.10 Å². The van der Waals surface area contributed by atoms with Crippen LogP contribution in [0.1, 0.15) is 63.3 Å². The second-order valence-electron chi connectivity index (χ2n) is 9.75. The number of amides is 1.